The van der Waals surface area contributed by atoms with Gasteiger partial charge in [0.1, 0.15) is 5.75 Å². The van der Waals surface area contributed by atoms with Gasteiger partial charge < -0.3 is 9.84 Å². The van der Waals surface area contributed by atoms with E-state index in [0.717, 1.165) is 29.4 Å². The molecular formula is C16H24ClNO2. The highest BCUT2D eigenvalue weighted by Crippen LogP contribution is 2.38. The highest BCUT2D eigenvalue weighted by molar-refractivity contribution is 6.30. The topological polar surface area (TPSA) is 32.7 Å². The fourth-order valence-electron chi connectivity index (χ4n) is 3.02. The minimum atomic E-state index is 0.158. The number of aliphatic hydroxyl groups excluding tert-OH is 1. The number of halogens is 1. The predicted octanol–water partition coefficient (Wildman–Crippen LogP) is 3.50. The van der Waals surface area contributed by atoms with Gasteiger partial charge in [0.05, 0.1) is 6.61 Å². The second-order valence-electron chi connectivity index (χ2n) is 5.46. The standard InChI is InChI=1S/C16H24ClNO2/c1-3-20-15-7-6-13(17)10-14(15)16(12(2)11-19)18-8-4-5-9-18/h6-7,10,12,16,19H,3-5,8-9,11H2,1-2H3. The van der Waals surface area contributed by atoms with Crippen molar-refractivity contribution in [3.63, 3.8) is 0 Å². The smallest absolute Gasteiger partial charge is 0.124 e. The van der Waals surface area contributed by atoms with Gasteiger partial charge in [0.25, 0.3) is 0 Å². The molecule has 1 aromatic carbocycles. The quantitative estimate of drug-likeness (QED) is 0.872. The summed E-state index contributed by atoms with van der Waals surface area (Å²) >= 11 is 6.18. The van der Waals surface area contributed by atoms with E-state index in [4.69, 9.17) is 16.3 Å². The first-order valence-electron chi connectivity index (χ1n) is 7.44. The van der Waals surface area contributed by atoms with Crippen molar-refractivity contribution in [3.05, 3.63) is 28.8 Å². The lowest BCUT2D eigenvalue weighted by Crippen LogP contribution is -2.32. The molecule has 0 spiro atoms. The highest BCUT2D eigenvalue weighted by atomic mass is 35.5. The SMILES string of the molecule is CCOc1ccc(Cl)cc1C(C(C)CO)N1CCCC1. The van der Waals surface area contributed by atoms with E-state index in [1.54, 1.807) is 0 Å². The largest absolute Gasteiger partial charge is 0.494 e. The van der Waals surface area contributed by atoms with Gasteiger partial charge in [0, 0.05) is 23.2 Å². The third-order valence-electron chi connectivity index (χ3n) is 3.95. The van der Waals surface area contributed by atoms with Crippen molar-refractivity contribution in [2.24, 2.45) is 5.92 Å². The van der Waals surface area contributed by atoms with Gasteiger partial charge >= 0.3 is 0 Å². The van der Waals surface area contributed by atoms with E-state index in [2.05, 4.69) is 11.8 Å². The van der Waals surface area contributed by atoms with E-state index in [1.807, 2.05) is 25.1 Å². The number of likely N-dealkylation sites (tertiary alicyclic amines) is 1. The van der Waals surface area contributed by atoms with Gasteiger partial charge in [-0.15, -0.1) is 0 Å². The molecule has 1 aliphatic heterocycles. The maximum atomic E-state index is 9.62. The Bertz CT molecular complexity index is 432. The molecule has 0 saturated carbocycles. The van der Waals surface area contributed by atoms with Crippen molar-refractivity contribution in [1.82, 2.24) is 4.90 Å². The Balaban J connectivity index is 2.38. The number of benzene rings is 1. The summed E-state index contributed by atoms with van der Waals surface area (Å²) in [6.45, 7) is 7.02. The van der Waals surface area contributed by atoms with Crippen LogP contribution in [0.1, 0.15) is 38.3 Å². The van der Waals surface area contributed by atoms with Crippen molar-refractivity contribution in [1.29, 1.82) is 0 Å². The molecule has 20 heavy (non-hydrogen) atoms. The summed E-state index contributed by atoms with van der Waals surface area (Å²) in [6.07, 6.45) is 2.44. The molecule has 0 radical (unpaired) electrons. The second kappa shape index (κ2) is 7.30. The molecule has 1 heterocycles. The molecule has 0 aliphatic carbocycles. The van der Waals surface area contributed by atoms with Gasteiger partial charge in [-0.25, -0.2) is 0 Å². The monoisotopic (exact) mass is 297 g/mol. The molecular weight excluding hydrogens is 274 g/mol. The molecule has 1 fully saturated rings. The van der Waals surface area contributed by atoms with Gasteiger partial charge in [-0.1, -0.05) is 18.5 Å². The molecule has 1 saturated heterocycles. The molecule has 112 valence electrons. The van der Waals surface area contributed by atoms with E-state index in [9.17, 15) is 5.11 Å². The van der Waals surface area contributed by atoms with Crippen LogP contribution >= 0.6 is 11.6 Å². The van der Waals surface area contributed by atoms with Crippen LogP contribution in [0.5, 0.6) is 5.75 Å². The first-order chi connectivity index (χ1) is 9.67. The third kappa shape index (κ3) is 3.46. The van der Waals surface area contributed by atoms with Crippen LogP contribution in [0, 0.1) is 5.92 Å². The minimum Gasteiger partial charge on any atom is -0.494 e. The number of nitrogens with zero attached hydrogens (tertiary/aromatic N) is 1. The molecule has 1 aliphatic rings. The Morgan fingerprint density at radius 3 is 2.65 bits per heavy atom. The molecule has 3 nitrogen and oxygen atoms in total. The summed E-state index contributed by atoms with van der Waals surface area (Å²) in [6, 6.07) is 5.96. The average Bonchev–Trinajstić information content (AvgIpc) is 2.96. The lowest BCUT2D eigenvalue weighted by atomic mass is 9.93. The number of hydrogen-bond donors (Lipinski definition) is 1. The average molecular weight is 298 g/mol. The second-order valence-corrected chi connectivity index (χ2v) is 5.90. The summed E-state index contributed by atoms with van der Waals surface area (Å²) in [5.74, 6) is 1.04. The number of aliphatic hydroxyl groups is 1. The third-order valence-corrected chi connectivity index (χ3v) is 4.19. The van der Waals surface area contributed by atoms with Crippen LogP contribution in [0.4, 0.5) is 0 Å². The van der Waals surface area contributed by atoms with Crippen LogP contribution in [0.25, 0.3) is 0 Å². The van der Waals surface area contributed by atoms with E-state index in [1.165, 1.54) is 12.8 Å². The fraction of sp³-hybridized carbons (Fsp3) is 0.625. The molecule has 0 bridgehead atoms. The molecule has 2 atom stereocenters. The van der Waals surface area contributed by atoms with Crippen molar-refractivity contribution in [3.8, 4) is 5.75 Å². The van der Waals surface area contributed by atoms with Gasteiger partial charge in [-0.2, -0.15) is 0 Å². The molecule has 1 N–H and O–H groups in total. The first-order valence-corrected chi connectivity index (χ1v) is 7.82. The van der Waals surface area contributed by atoms with E-state index in [0.29, 0.717) is 6.61 Å². The summed E-state index contributed by atoms with van der Waals surface area (Å²) in [5.41, 5.74) is 1.10. The van der Waals surface area contributed by atoms with E-state index in [-0.39, 0.29) is 18.6 Å². The van der Waals surface area contributed by atoms with Crippen LogP contribution in [0.15, 0.2) is 18.2 Å². The molecule has 2 rings (SSSR count). The molecule has 4 heteroatoms. The maximum absolute atomic E-state index is 9.62. The fourth-order valence-corrected chi connectivity index (χ4v) is 3.20. The molecule has 1 aromatic rings. The van der Waals surface area contributed by atoms with Gasteiger partial charge in [-0.3, -0.25) is 4.90 Å². The zero-order chi connectivity index (χ0) is 14.5. The zero-order valence-electron chi connectivity index (χ0n) is 12.3. The summed E-state index contributed by atoms with van der Waals surface area (Å²) in [7, 11) is 0. The van der Waals surface area contributed by atoms with Crippen molar-refractivity contribution in [2.45, 2.75) is 32.7 Å². The number of rotatable bonds is 6. The van der Waals surface area contributed by atoms with Crippen molar-refractivity contribution >= 4 is 11.6 Å². The predicted molar refractivity (Wildman–Crippen MR) is 82.4 cm³/mol. The van der Waals surface area contributed by atoms with Crippen LogP contribution < -0.4 is 4.74 Å². The number of hydrogen-bond acceptors (Lipinski definition) is 3. The first kappa shape index (κ1) is 15.6. The Morgan fingerprint density at radius 1 is 1.35 bits per heavy atom. The Labute approximate surface area is 126 Å². The number of ether oxygens (including phenoxy) is 1. The lowest BCUT2D eigenvalue weighted by molar-refractivity contribution is 0.123. The van der Waals surface area contributed by atoms with Crippen LogP contribution in [-0.4, -0.2) is 36.3 Å². The highest BCUT2D eigenvalue weighted by Gasteiger charge is 2.30. The van der Waals surface area contributed by atoms with Gasteiger partial charge in [0.2, 0.25) is 0 Å². The normalized spacial score (nSPS) is 19.0. The molecule has 2 unspecified atom stereocenters. The van der Waals surface area contributed by atoms with Crippen molar-refractivity contribution in [2.75, 3.05) is 26.3 Å². The Hall–Kier alpha value is -0.770. The summed E-state index contributed by atoms with van der Waals surface area (Å²) in [4.78, 5) is 2.44. The maximum Gasteiger partial charge on any atom is 0.124 e. The molecule has 0 aromatic heterocycles. The summed E-state index contributed by atoms with van der Waals surface area (Å²) < 4.78 is 5.76. The van der Waals surface area contributed by atoms with Crippen LogP contribution in [0.2, 0.25) is 5.02 Å². The van der Waals surface area contributed by atoms with Gasteiger partial charge in [0.15, 0.2) is 0 Å². The Morgan fingerprint density at radius 2 is 2.05 bits per heavy atom. The van der Waals surface area contributed by atoms with E-state index < -0.39 is 0 Å². The van der Waals surface area contributed by atoms with Crippen molar-refractivity contribution < 1.29 is 9.84 Å². The molecule has 0 amide bonds. The van der Waals surface area contributed by atoms with Crippen LogP contribution in [0.3, 0.4) is 0 Å². The van der Waals surface area contributed by atoms with Gasteiger partial charge in [-0.05, 0) is 57.0 Å². The minimum absolute atomic E-state index is 0.158. The zero-order valence-corrected chi connectivity index (χ0v) is 13.1. The summed E-state index contributed by atoms with van der Waals surface area (Å²) in [5, 5.41) is 10.3. The van der Waals surface area contributed by atoms with Crippen LogP contribution in [-0.2, 0) is 0 Å². The Kier molecular flexibility index (Phi) is 5.70. The van der Waals surface area contributed by atoms with E-state index >= 15 is 0 Å². The lowest BCUT2D eigenvalue weighted by Gasteiger charge is -2.33.